The minimum atomic E-state index is 0.765. The number of hydrogen-bond acceptors (Lipinski definition) is 0. The van der Waals surface area contributed by atoms with Crippen molar-refractivity contribution in [2.75, 3.05) is 0 Å². The standard InChI is InChI=1S/C29H32/c1-21-28(26-15-6-13-24(19-26)22-9-2-3-10-22)17-8-18-29(21)27-16-7-14-25(20-27)23-11-4-5-12-23/h6-8,13-20,22-23H,2-5,9-12H2,1H3. The Morgan fingerprint density at radius 2 is 0.966 bits per heavy atom. The minimum absolute atomic E-state index is 0.765. The zero-order valence-electron chi connectivity index (χ0n) is 17.7. The van der Waals surface area contributed by atoms with E-state index in [2.05, 4.69) is 73.7 Å². The summed E-state index contributed by atoms with van der Waals surface area (Å²) in [4.78, 5) is 0. The lowest BCUT2D eigenvalue weighted by Gasteiger charge is -2.16. The van der Waals surface area contributed by atoms with Crippen LogP contribution in [0.3, 0.4) is 0 Å². The van der Waals surface area contributed by atoms with Gasteiger partial charge in [-0.2, -0.15) is 0 Å². The summed E-state index contributed by atoms with van der Waals surface area (Å²) in [6.45, 7) is 2.30. The molecule has 29 heavy (non-hydrogen) atoms. The Morgan fingerprint density at radius 3 is 1.41 bits per heavy atom. The van der Waals surface area contributed by atoms with Gasteiger partial charge in [0.05, 0.1) is 0 Å². The Kier molecular flexibility index (Phi) is 5.27. The topological polar surface area (TPSA) is 0 Å². The number of rotatable bonds is 4. The summed E-state index contributed by atoms with van der Waals surface area (Å²) in [5.41, 5.74) is 9.99. The number of hydrogen-bond donors (Lipinski definition) is 0. The highest BCUT2D eigenvalue weighted by Crippen LogP contribution is 2.39. The maximum Gasteiger partial charge on any atom is -0.0148 e. The Morgan fingerprint density at radius 1 is 0.552 bits per heavy atom. The highest BCUT2D eigenvalue weighted by atomic mass is 14.2. The molecule has 0 heterocycles. The first kappa shape index (κ1) is 18.7. The molecule has 2 aliphatic rings. The van der Waals surface area contributed by atoms with E-state index in [1.165, 1.54) is 90.3 Å². The van der Waals surface area contributed by atoms with E-state index in [0.717, 1.165) is 11.8 Å². The summed E-state index contributed by atoms with van der Waals surface area (Å²) in [6.07, 6.45) is 11.0. The van der Waals surface area contributed by atoms with Crippen molar-refractivity contribution in [1.82, 2.24) is 0 Å². The molecule has 148 valence electrons. The Balaban J connectivity index is 1.51. The van der Waals surface area contributed by atoms with E-state index in [4.69, 9.17) is 0 Å². The fourth-order valence-electron chi connectivity index (χ4n) is 5.70. The third-order valence-corrected chi connectivity index (χ3v) is 7.38. The first-order valence-corrected chi connectivity index (χ1v) is 11.6. The van der Waals surface area contributed by atoms with Crippen LogP contribution >= 0.6 is 0 Å². The van der Waals surface area contributed by atoms with Crippen molar-refractivity contribution in [3.8, 4) is 22.3 Å². The van der Waals surface area contributed by atoms with Gasteiger partial charge in [-0.15, -0.1) is 0 Å². The van der Waals surface area contributed by atoms with E-state index in [1.54, 1.807) is 0 Å². The maximum absolute atomic E-state index is 2.46. The van der Waals surface area contributed by atoms with E-state index in [-0.39, 0.29) is 0 Å². The minimum Gasteiger partial charge on any atom is -0.0614 e. The molecule has 0 N–H and O–H groups in total. The van der Waals surface area contributed by atoms with Gasteiger partial charge in [-0.25, -0.2) is 0 Å². The molecule has 3 aromatic rings. The molecule has 0 atom stereocenters. The van der Waals surface area contributed by atoms with Crippen LogP contribution in [0.2, 0.25) is 0 Å². The van der Waals surface area contributed by atoms with Gasteiger partial charge in [0.1, 0.15) is 0 Å². The predicted molar refractivity (Wildman–Crippen MR) is 124 cm³/mol. The summed E-state index contributed by atoms with van der Waals surface area (Å²) in [6, 6.07) is 25.5. The van der Waals surface area contributed by atoms with Crippen LogP contribution in [0, 0.1) is 6.92 Å². The van der Waals surface area contributed by atoms with Crippen LogP contribution in [0.15, 0.2) is 66.7 Å². The Labute approximate surface area is 176 Å². The lowest BCUT2D eigenvalue weighted by Crippen LogP contribution is -1.95. The smallest absolute Gasteiger partial charge is 0.0148 e. The lowest BCUT2D eigenvalue weighted by atomic mass is 9.88. The highest BCUT2D eigenvalue weighted by Gasteiger charge is 2.19. The van der Waals surface area contributed by atoms with Crippen LogP contribution in [0.4, 0.5) is 0 Å². The van der Waals surface area contributed by atoms with Gasteiger partial charge in [-0.3, -0.25) is 0 Å². The van der Waals surface area contributed by atoms with Crippen LogP contribution < -0.4 is 0 Å². The Hall–Kier alpha value is -2.34. The molecule has 0 radical (unpaired) electrons. The van der Waals surface area contributed by atoms with E-state index in [1.807, 2.05) is 0 Å². The molecule has 0 unspecified atom stereocenters. The van der Waals surface area contributed by atoms with Crippen molar-refractivity contribution in [2.45, 2.75) is 70.1 Å². The second-order valence-corrected chi connectivity index (χ2v) is 9.19. The maximum atomic E-state index is 2.46. The summed E-state index contributed by atoms with van der Waals surface area (Å²) >= 11 is 0. The summed E-state index contributed by atoms with van der Waals surface area (Å²) in [7, 11) is 0. The Bertz CT molecular complexity index is 907. The third-order valence-electron chi connectivity index (χ3n) is 7.38. The molecular formula is C29H32. The number of benzene rings is 3. The second kappa shape index (κ2) is 8.19. The van der Waals surface area contributed by atoms with Crippen LogP contribution in [-0.2, 0) is 0 Å². The largest absolute Gasteiger partial charge is 0.0614 e. The van der Waals surface area contributed by atoms with Crippen molar-refractivity contribution < 1.29 is 0 Å². The van der Waals surface area contributed by atoms with E-state index < -0.39 is 0 Å². The quantitative estimate of drug-likeness (QED) is 0.425. The van der Waals surface area contributed by atoms with Gasteiger partial charge in [0.15, 0.2) is 0 Å². The SMILES string of the molecule is Cc1c(-c2cccc(C3CCCC3)c2)cccc1-c1cccc(C2CCCC2)c1. The molecule has 5 rings (SSSR count). The normalized spacial score (nSPS) is 17.8. The van der Waals surface area contributed by atoms with Crippen molar-refractivity contribution in [2.24, 2.45) is 0 Å². The molecule has 0 aromatic heterocycles. The van der Waals surface area contributed by atoms with Crippen LogP contribution in [0.5, 0.6) is 0 Å². The molecular weight excluding hydrogens is 348 g/mol. The molecule has 0 bridgehead atoms. The first-order chi connectivity index (χ1) is 14.3. The van der Waals surface area contributed by atoms with Crippen molar-refractivity contribution in [3.63, 3.8) is 0 Å². The van der Waals surface area contributed by atoms with Gasteiger partial charge in [-0.1, -0.05) is 92.4 Å². The third kappa shape index (κ3) is 3.78. The van der Waals surface area contributed by atoms with Gasteiger partial charge < -0.3 is 0 Å². The molecule has 3 aromatic carbocycles. The van der Waals surface area contributed by atoms with Gasteiger partial charge in [0.25, 0.3) is 0 Å². The highest BCUT2D eigenvalue weighted by molar-refractivity contribution is 5.78. The van der Waals surface area contributed by atoms with E-state index >= 15 is 0 Å². The average molecular weight is 381 g/mol. The molecule has 0 saturated heterocycles. The molecule has 2 saturated carbocycles. The molecule has 2 aliphatic carbocycles. The average Bonchev–Trinajstić information content (AvgIpc) is 3.48. The fourth-order valence-corrected chi connectivity index (χ4v) is 5.70. The van der Waals surface area contributed by atoms with E-state index in [9.17, 15) is 0 Å². The van der Waals surface area contributed by atoms with Gasteiger partial charge in [0, 0.05) is 0 Å². The summed E-state index contributed by atoms with van der Waals surface area (Å²) in [5, 5.41) is 0. The van der Waals surface area contributed by atoms with Gasteiger partial charge >= 0.3 is 0 Å². The van der Waals surface area contributed by atoms with Crippen LogP contribution in [-0.4, -0.2) is 0 Å². The van der Waals surface area contributed by atoms with Gasteiger partial charge in [0.2, 0.25) is 0 Å². The van der Waals surface area contributed by atoms with Crippen molar-refractivity contribution in [3.05, 3.63) is 83.4 Å². The zero-order chi connectivity index (χ0) is 19.6. The van der Waals surface area contributed by atoms with Crippen LogP contribution in [0.25, 0.3) is 22.3 Å². The molecule has 0 heteroatoms. The first-order valence-electron chi connectivity index (χ1n) is 11.6. The zero-order valence-corrected chi connectivity index (χ0v) is 17.7. The molecule has 0 spiro atoms. The molecule has 0 aliphatic heterocycles. The molecule has 0 nitrogen and oxygen atoms in total. The van der Waals surface area contributed by atoms with Crippen molar-refractivity contribution >= 4 is 0 Å². The monoisotopic (exact) mass is 380 g/mol. The van der Waals surface area contributed by atoms with E-state index in [0.29, 0.717) is 0 Å². The summed E-state index contributed by atoms with van der Waals surface area (Å²) in [5.74, 6) is 1.53. The fraction of sp³-hybridized carbons (Fsp3) is 0.379. The predicted octanol–water partition coefficient (Wildman–Crippen LogP) is 8.64. The lowest BCUT2D eigenvalue weighted by molar-refractivity contribution is 0.723. The van der Waals surface area contributed by atoms with Gasteiger partial charge in [-0.05, 0) is 83.4 Å². The molecule has 0 amide bonds. The van der Waals surface area contributed by atoms with Crippen molar-refractivity contribution in [1.29, 1.82) is 0 Å². The second-order valence-electron chi connectivity index (χ2n) is 9.19. The van der Waals surface area contributed by atoms with Crippen LogP contribution in [0.1, 0.15) is 79.9 Å². The summed E-state index contributed by atoms with van der Waals surface area (Å²) < 4.78 is 0. The molecule has 2 fully saturated rings.